The summed E-state index contributed by atoms with van der Waals surface area (Å²) in [7, 11) is 0. The summed E-state index contributed by atoms with van der Waals surface area (Å²) in [6, 6.07) is 1.41. The van der Waals surface area contributed by atoms with Crippen molar-refractivity contribution in [3.05, 3.63) is 35.7 Å². The molecule has 4 amide bonds. The molecule has 0 saturated carbocycles. The molecule has 1 aromatic rings. The Balaban J connectivity index is 1.81. The minimum Gasteiger partial charge on any atom is -0.338 e. The van der Waals surface area contributed by atoms with E-state index in [-0.39, 0.29) is 23.8 Å². The predicted molar refractivity (Wildman–Crippen MR) is 108 cm³/mol. The summed E-state index contributed by atoms with van der Waals surface area (Å²) in [6.07, 6.45) is 5.73. The highest BCUT2D eigenvalue weighted by atomic mass is 16.2. The maximum Gasteiger partial charge on any atom is 0.327 e. The molecule has 156 valence electrons. The van der Waals surface area contributed by atoms with Crippen molar-refractivity contribution in [3.8, 4) is 0 Å². The lowest BCUT2D eigenvalue weighted by molar-refractivity contribution is -0.135. The van der Waals surface area contributed by atoms with Gasteiger partial charge in [-0.2, -0.15) is 10.2 Å². The van der Waals surface area contributed by atoms with Crippen molar-refractivity contribution >= 4 is 17.8 Å². The third-order valence-electron chi connectivity index (χ3n) is 5.56. The molecule has 0 radical (unpaired) electrons. The Bertz CT molecular complexity index is 809. The average molecular weight is 399 g/mol. The fourth-order valence-electron chi connectivity index (χ4n) is 4.00. The van der Waals surface area contributed by atoms with E-state index in [0.29, 0.717) is 44.6 Å². The molecule has 3 heterocycles. The quantitative estimate of drug-likeness (QED) is 0.560. The molecular weight excluding hydrogens is 370 g/mol. The Morgan fingerprint density at radius 2 is 1.90 bits per heavy atom. The molecule has 0 unspecified atom stereocenters. The summed E-state index contributed by atoms with van der Waals surface area (Å²) in [4.78, 5) is 44.0. The first-order valence-corrected chi connectivity index (χ1v) is 10.1. The first-order valence-electron chi connectivity index (χ1n) is 10.1. The third kappa shape index (κ3) is 4.02. The summed E-state index contributed by atoms with van der Waals surface area (Å²) in [5, 5.41) is 7.47. The molecule has 0 aliphatic carbocycles. The highest BCUT2D eigenvalue weighted by Crippen LogP contribution is 2.38. The van der Waals surface area contributed by atoms with Crippen LogP contribution in [0.5, 0.6) is 0 Å². The van der Waals surface area contributed by atoms with Gasteiger partial charge >= 0.3 is 6.03 Å². The lowest BCUT2D eigenvalue weighted by Crippen LogP contribution is -2.58. The number of piperidine rings is 1. The van der Waals surface area contributed by atoms with Crippen molar-refractivity contribution in [2.45, 2.75) is 46.1 Å². The molecule has 0 N–H and O–H groups in total. The number of rotatable bonds is 5. The molecule has 1 spiro atoms. The first kappa shape index (κ1) is 21.0. The molecular formula is C21H29N5O3. The number of allylic oxidation sites excluding steroid dienone is 1. The molecule has 8 heteroatoms. The van der Waals surface area contributed by atoms with Crippen molar-refractivity contribution in [2.75, 3.05) is 26.2 Å². The normalized spacial score (nSPS) is 18.7. The number of hydrogen-bond acceptors (Lipinski definition) is 5. The van der Waals surface area contributed by atoms with E-state index in [4.69, 9.17) is 0 Å². The number of urea groups is 1. The van der Waals surface area contributed by atoms with Crippen LogP contribution in [0.3, 0.4) is 0 Å². The molecule has 29 heavy (non-hydrogen) atoms. The van der Waals surface area contributed by atoms with Gasteiger partial charge in [-0.05, 0) is 38.7 Å². The molecule has 3 rings (SSSR count). The summed E-state index contributed by atoms with van der Waals surface area (Å²) in [5.41, 5.74) is 0.687. The van der Waals surface area contributed by atoms with Gasteiger partial charge in [0.2, 0.25) is 0 Å². The number of likely N-dealkylation sites (tertiary alicyclic amines) is 1. The van der Waals surface area contributed by atoms with E-state index in [1.54, 1.807) is 15.9 Å². The second-order valence-electron chi connectivity index (χ2n) is 8.44. The van der Waals surface area contributed by atoms with Crippen LogP contribution in [0.2, 0.25) is 0 Å². The number of hydrogen-bond donors (Lipinski definition) is 0. The average Bonchev–Trinajstić information content (AvgIpc) is 2.88. The smallest absolute Gasteiger partial charge is 0.327 e. The highest BCUT2D eigenvalue weighted by molar-refractivity contribution is 6.07. The fraction of sp³-hybridized carbons (Fsp3) is 0.571. The Kier molecular flexibility index (Phi) is 6.00. The SMILES string of the molecule is CC(C)=CCN1C(=O)N(CC(C)C)C2(CCN(C(=O)c3ccnnc3)CC2)C1=O. The Hall–Kier alpha value is -2.77. The van der Waals surface area contributed by atoms with Gasteiger partial charge in [0, 0.05) is 26.2 Å². The fourth-order valence-corrected chi connectivity index (χ4v) is 4.00. The molecule has 8 nitrogen and oxygen atoms in total. The van der Waals surface area contributed by atoms with E-state index < -0.39 is 5.54 Å². The molecule has 2 saturated heterocycles. The molecule has 1 aromatic heterocycles. The lowest BCUT2D eigenvalue weighted by Gasteiger charge is -2.42. The first-order chi connectivity index (χ1) is 13.8. The van der Waals surface area contributed by atoms with Crippen molar-refractivity contribution < 1.29 is 14.4 Å². The Labute approximate surface area is 171 Å². The number of nitrogens with zero attached hydrogens (tertiary/aromatic N) is 5. The summed E-state index contributed by atoms with van der Waals surface area (Å²) in [6.45, 7) is 9.64. The lowest BCUT2D eigenvalue weighted by atomic mass is 9.85. The van der Waals surface area contributed by atoms with Crippen LogP contribution in [0.4, 0.5) is 4.79 Å². The van der Waals surface area contributed by atoms with E-state index in [2.05, 4.69) is 10.2 Å². The maximum absolute atomic E-state index is 13.4. The summed E-state index contributed by atoms with van der Waals surface area (Å²) in [5.74, 6) is -0.0174. The molecule has 2 aliphatic heterocycles. The van der Waals surface area contributed by atoms with Gasteiger partial charge in [0.15, 0.2) is 0 Å². The van der Waals surface area contributed by atoms with Gasteiger partial charge in [0.1, 0.15) is 5.54 Å². The van der Waals surface area contributed by atoms with Crippen LogP contribution in [-0.2, 0) is 4.79 Å². The third-order valence-corrected chi connectivity index (χ3v) is 5.56. The van der Waals surface area contributed by atoms with Crippen LogP contribution in [0, 0.1) is 5.92 Å². The van der Waals surface area contributed by atoms with Crippen LogP contribution >= 0.6 is 0 Å². The van der Waals surface area contributed by atoms with Gasteiger partial charge in [0.25, 0.3) is 11.8 Å². The van der Waals surface area contributed by atoms with E-state index in [0.717, 1.165) is 5.57 Å². The molecule has 0 atom stereocenters. The second-order valence-corrected chi connectivity index (χ2v) is 8.44. The summed E-state index contributed by atoms with van der Waals surface area (Å²) >= 11 is 0. The van der Waals surface area contributed by atoms with Crippen molar-refractivity contribution in [3.63, 3.8) is 0 Å². The minimum absolute atomic E-state index is 0.122. The van der Waals surface area contributed by atoms with E-state index in [9.17, 15) is 14.4 Å². The van der Waals surface area contributed by atoms with Crippen molar-refractivity contribution in [1.29, 1.82) is 0 Å². The van der Waals surface area contributed by atoms with Crippen molar-refractivity contribution in [1.82, 2.24) is 24.9 Å². The number of carbonyl (C=O) groups is 3. The zero-order chi connectivity index (χ0) is 21.2. The molecule has 2 aliphatic rings. The van der Waals surface area contributed by atoms with E-state index in [1.165, 1.54) is 17.3 Å². The number of imide groups is 1. The summed E-state index contributed by atoms with van der Waals surface area (Å²) < 4.78 is 0. The topological polar surface area (TPSA) is 86.7 Å². The van der Waals surface area contributed by atoms with Crippen LogP contribution in [0.1, 0.15) is 50.9 Å². The predicted octanol–water partition coefficient (Wildman–Crippen LogP) is 2.34. The maximum atomic E-state index is 13.4. The zero-order valence-electron chi connectivity index (χ0n) is 17.6. The molecule has 0 aromatic carbocycles. The van der Waals surface area contributed by atoms with Gasteiger partial charge in [0.05, 0.1) is 18.0 Å². The molecule has 2 fully saturated rings. The van der Waals surface area contributed by atoms with Gasteiger partial charge in [-0.3, -0.25) is 14.5 Å². The van der Waals surface area contributed by atoms with Gasteiger partial charge < -0.3 is 9.80 Å². The minimum atomic E-state index is -0.857. The Morgan fingerprint density at radius 1 is 1.21 bits per heavy atom. The number of amides is 4. The monoisotopic (exact) mass is 399 g/mol. The van der Waals surface area contributed by atoms with E-state index >= 15 is 0 Å². The zero-order valence-corrected chi connectivity index (χ0v) is 17.6. The van der Waals surface area contributed by atoms with Crippen LogP contribution in [0.25, 0.3) is 0 Å². The second kappa shape index (κ2) is 8.31. The van der Waals surface area contributed by atoms with Crippen LogP contribution < -0.4 is 0 Å². The largest absolute Gasteiger partial charge is 0.338 e. The van der Waals surface area contributed by atoms with Crippen LogP contribution in [-0.4, -0.2) is 74.5 Å². The van der Waals surface area contributed by atoms with Gasteiger partial charge in [-0.1, -0.05) is 25.5 Å². The number of aromatic nitrogens is 2. The van der Waals surface area contributed by atoms with Gasteiger partial charge in [-0.15, -0.1) is 0 Å². The van der Waals surface area contributed by atoms with E-state index in [1.807, 2.05) is 33.8 Å². The molecule has 0 bridgehead atoms. The standard InChI is InChI=1S/C21H29N5O3/c1-15(2)6-10-25-19(28)21(26(20(25)29)14-16(3)4)7-11-24(12-8-21)18(27)17-5-9-22-23-13-17/h5-6,9,13,16H,7-8,10-12,14H2,1-4H3. The number of carbonyl (C=O) groups excluding carboxylic acids is 3. The highest BCUT2D eigenvalue weighted by Gasteiger charge is 2.57. The van der Waals surface area contributed by atoms with Crippen LogP contribution in [0.15, 0.2) is 30.1 Å². The van der Waals surface area contributed by atoms with Crippen molar-refractivity contribution in [2.24, 2.45) is 5.92 Å². The Morgan fingerprint density at radius 3 is 2.45 bits per heavy atom. The van der Waals surface area contributed by atoms with Gasteiger partial charge in [-0.25, -0.2) is 4.79 Å².